The van der Waals surface area contributed by atoms with E-state index in [1.165, 1.54) is 11.3 Å². The van der Waals surface area contributed by atoms with Crippen molar-refractivity contribution in [2.75, 3.05) is 12.3 Å². The Morgan fingerprint density at radius 1 is 1.85 bits per heavy atom. The maximum absolute atomic E-state index is 11.0. The number of esters is 1. The van der Waals surface area contributed by atoms with Crippen molar-refractivity contribution in [3.05, 3.63) is 11.1 Å². The summed E-state index contributed by atoms with van der Waals surface area (Å²) in [7, 11) is 0. The number of thiazole rings is 1. The molecule has 0 unspecified atom stereocenters. The number of ether oxygens (including phenoxy) is 1. The molecule has 0 spiro atoms. The fraction of sp³-hybridized carbons (Fsp3) is 0.429. The number of nitrogen functional groups attached to an aromatic ring is 1. The van der Waals surface area contributed by atoms with Crippen LogP contribution in [0.1, 0.15) is 12.6 Å². The first-order valence-electron chi connectivity index (χ1n) is 3.78. The molecule has 6 heteroatoms. The lowest BCUT2D eigenvalue weighted by Gasteiger charge is -1.97. The average Bonchev–Trinajstić information content (AvgIpc) is 2.37. The fourth-order valence-corrected chi connectivity index (χ4v) is 1.50. The number of hydrogen-bond donors (Lipinski definition) is 2. The molecule has 0 atom stereocenters. The molecule has 0 aliphatic heterocycles. The molecule has 1 heterocycles. The predicted octanol–water partition coefficient (Wildman–Crippen LogP) is -0.0393. The molecule has 72 valence electrons. The van der Waals surface area contributed by atoms with E-state index in [1.54, 1.807) is 12.3 Å². The lowest BCUT2D eigenvalue weighted by Crippen LogP contribution is -2.36. The highest BCUT2D eigenvalue weighted by Crippen LogP contribution is 2.08. The van der Waals surface area contributed by atoms with Crippen molar-refractivity contribution in [1.82, 2.24) is 0 Å². The largest absolute Gasteiger partial charge is 0.466 e. The van der Waals surface area contributed by atoms with Crippen molar-refractivity contribution in [3.8, 4) is 0 Å². The summed E-state index contributed by atoms with van der Waals surface area (Å²) in [5.41, 5.74) is 5.82. The molecule has 0 aromatic carbocycles. The van der Waals surface area contributed by atoms with Crippen molar-refractivity contribution < 1.29 is 19.5 Å². The molecule has 0 saturated carbocycles. The van der Waals surface area contributed by atoms with E-state index in [1.807, 2.05) is 0 Å². The number of nitrogens with two attached hydrogens (primary N) is 1. The Bertz CT molecular complexity index is 311. The van der Waals surface area contributed by atoms with Gasteiger partial charge in [-0.25, -0.2) is 0 Å². The van der Waals surface area contributed by atoms with E-state index in [0.29, 0.717) is 12.3 Å². The summed E-state index contributed by atoms with van der Waals surface area (Å²) < 4.78 is 5.50. The van der Waals surface area contributed by atoms with Crippen LogP contribution in [0.4, 0.5) is 5.13 Å². The van der Waals surface area contributed by atoms with Crippen molar-refractivity contribution in [2.45, 2.75) is 13.3 Å². The van der Waals surface area contributed by atoms with Gasteiger partial charge in [0.1, 0.15) is 6.42 Å². The molecule has 13 heavy (non-hydrogen) atoms. The molecular formula is C7H11N2O3S+. The van der Waals surface area contributed by atoms with Gasteiger partial charge in [-0.05, 0) is 11.7 Å². The van der Waals surface area contributed by atoms with E-state index < -0.39 is 0 Å². The van der Waals surface area contributed by atoms with E-state index in [4.69, 9.17) is 10.5 Å². The van der Waals surface area contributed by atoms with Crippen molar-refractivity contribution in [1.29, 1.82) is 0 Å². The minimum Gasteiger partial charge on any atom is -0.466 e. The Kier molecular flexibility index (Phi) is 3.07. The molecule has 1 aromatic rings. The molecule has 0 fully saturated rings. The van der Waals surface area contributed by atoms with Gasteiger partial charge in [-0.3, -0.25) is 10.5 Å². The third-order valence-electron chi connectivity index (χ3n) is 1.43. The van der Waals surface area contributed by atoms with Gasteiger partial charge in [0.05, 0.1) is 6.61 Å². The van der Waals surface area contributed by atoms with Gasteiger partial charge in [-0.15, -0.1) is 0 Å². The number of hydrogen-bond acceptors (Lipinski definition) is 5. The van der Waals surface area contributed by atoms with E-state index in [0.717, 1.165) is 4.73 Å². The van der Waals surface area contributed by atoms with Gasteiger partial charge in [0.2, 0.25) is 0 Å². The first-order valence-corrected chi connectivity index (χ1v) is 4.66. The zero-order chi connectivity index (χ0) is 9.84. The van der Waals surface area contributed by atoms with E-state index in [9.17, 15) is 10.0 Å². The molecule has 5 nitrogen and oxygen atoms in total. The van der Waals surface area contributed by atoms with Crippen LogP contribution in [0, 0.1) is 0 Å². The zero-order valence-electron chi connectivity index (χ0n) is 7.19. The van der Waals surface area contributed by atoms with Gasteiger partial charge in [-0.2, -0.15) is 0 Å². The highest BCUT2D eigenvalue weighted by Gasteiger charge is 2.17. The molecule has 0 aliphatic rings. The Balaban J connectivity index is 2.64. The van der Waals surface area contributed by atoms with Gasteiger partial charge >= 0.3 is 11.1 Å². The standard InChI is InChI=1S/C7H10N2O3S/c1-2-12-6(10)3-5-4-13-7(8)9(5)11/h4,8,11H,2-3H2,1H3/p+1. The molecule has 1 rings (SSSR count). The topological polar surface area (TPSA) is 76.4 Å². The number of carbonyl (C=O) groups is 1. The summed E-state index contributed by atoms with van der Waals surface area (Å²) in [5, 5.41) is 11.1. The van der Waals surface area contributed by atoms with E-state index >= 15 is 0 Å². The van der Waals surface area contributed by atoms with Crippen LogP contribution in [0.2, 0.25) is 0 Å². The van der Waals surface area contributed by atoms with Crippen molar-refractivity contribution in [2.24, 2.45) is 0 Å². The van der Waals surface area contributed by atoms with Crippen LogP contribution < -0.4 is 10.5 Å². The number of anilines is 1. The minimum atomic E-state index is -0.372. The molecule has 0 amide bonds. The van der Waals surface area contributed by atoms with Gasteiger partial charge < -0.3 is 9.94 Å². The second-order valence-electron chi connectivity index (χ2n) is 2.36. The predicted molar refractivity (Wildman–Crippen MR) is 46.4 cm³/mol. The normalized spacial score (nSPS) is 9.92. The Morgan fingerprint density at radius 2 is 2.54 bits per heavy atom. The molecule has 0 radical (unpaired) electrons. The Hall–Kier alpha value is -1.30. The molecule has 3 N–H and O–H groups in total. The maximum Gasteiger partial charge on any atom is 0.371 e. The second kappa shape index (κ2) is 4.08. The van der Waals surface area contributed by atoms with Gasteiger partial charge in [-0.1, -0.05) is 11.3 Å². The third kappa shape index (κ3) is 2.32. The van der Waals surface area contributed by atoms with Gasteiger partial charge in [0.25, 0.3) is 0 Å². The highest BCUT2D eigenvalue weighted by molar-refractivity contribution is 7.13. The van der Waals surface area contributed by atoms with Gasteiger partial charge in [0.15, 0.2) is 5.69 Å². The summed E-state index contributed by atoms with van der Waals surface area (Å²) in [4.78, 5) is 11.0. The van der Waals surface area contributed by atoms with Crippen molar-refractivity contribution >= 4 is 22.4 Å². The molecule has 1 aromatic heterocycles. The monoisotopic (exact) mass is 203 g/mol. The maximum atomic E-state index is 11.0. The fourth-order valence-electron chi connectivity index (χ4n) is 0.846. The van der Waals surface area contributed by atoms with Crippen LogP contribution in [0.15, 0.2) is 5.38 Å². The smallest absolute Gasteiger partial charge is 0.371 e. The summed E-state index contributed by atoms with van der Waals surface area (Å²) in [5.74, 6) is -0.372. The van der Waals surface area contributed by atoms with Crippen LogP contribution in [0.25, 0.3) is 0 Å². The summed E-state index contributed by atoms with van der Waals surface area (Å²) in [6.45, 7) is 2.07. The quantitative estimate of drug-likeness (QED) is 0.410. The summed E-state index contributed by atoms with van der Waals surface area (Å²) >= 11 is 1.17. The number of aromatic nitrogens is 1. The zero-order valence-corrected chi connectivity index (χ0v) is 8.00. The van der Waals surface area contributed by atoms with Crippen LogP contribution >= 0.6 is 11.3 Å². The first kappa shape index (κ1) is 9.79. The Labute approximate surface area is 79.3 Å². The molecular weight excluding hydrogens is 192 g/mol. The third-order valence-corrected chi connectivity index (χ3v) is 2.23. The molecule has 0 aliphatic carbocycles. The van der Waals surface area contributed by atoms with Crippen molar-refractivity contribution in [3.63, 3.8) is 0 Å². The minimum absolute atomic E-state index is 0.0397. The number of rotatable bonds is 3. The van der Waals surface area contributed by atoms with Crippen LogP contribution in [0.5, 0.6) is 0 Å². The second-order valence-corrected chi connectivity index (χ2v) is 3.25. The molecule has 0 saturated heterocycles. The average molecular weight is 203 g/mol. The highest BCUT2D eigenvalue weighted by atomic mass is 32.1. The van der Waals surface area contributed by atoms with Crippen LogP contribution in [0.3, 0.4) is 0 Å². The Morgan fingerprint density at radius 3 is 3.00 bits per heavy atom. The lowest BCUT2D eigenvalue weighted by atomic mass is 10.3. The SMILES string of the molecule is CCOC(=O)Cc1csc(N)[n+]1O. The van der Waals surface area contributed by atoms with E-state index in [-0.39, 0.29) is 17.5 Å². The van der Waals surface area contributed by atoms with Crippen LogP contribution in [-0.4, -0.2) is 17.8 Å². The number of carbonyl (C=O) groups excluding carboxylic acids is 1. The molecule has 0 bridgehead atoms. The van der Waals surface area contributed by atoms with E-state index in [2.05, 4.69) is 0 Å². The van der Waals surface area contributed by atoms with Crippen LogP contribution in [-0.2, 0) is 16.0 Å². The lowest BCUT2D eigenvalue weighted by molar-refractivity contribution is -0.895. The number of nitrogens with zero attached hydrogens (tertiary/aromatic N) is 1. The van der Waals surface area contributed by atoms with Gasteiger partial charge in [0, 0.05) is 5.38 Å². The first-order chi connectivity index (χ1) is 6.15. The summed E-state index contributed by atoms with van der Waals surface area (Å²) in [6.07, 6.45) is 0.0397. The summed E-state index contributed by atoms with van der Waals surface area (Å²) in [6, 6.07) is 0.